The van der Waals surface area contributed by atoms with Crippen molar-refractivity contribution in [3.63, 3.8) is 0 Å². The molecule has 118 valence electrons. The number of hydrogen-bond donors (Lipinski definition) is 1. The molecule has 0 heterocycles. The summed E-state index contributed by atoms with van der Waals surface area (Å²) in [5, 5.41) is 4.66. The van der Waals surface area contributed by atoms with Crippen molar-refractivity contribution in [1.29, 1.82) is 0 Å². The Morgan fingerprint density at radius 1 is 1.29 bits per heavy atom. The molecule has 1 aliphatic rings. The number of hydrogen-bond acceptors (Lipinski definition) is 1. The minimum Gasteiger partial charge on any atom is -0.314 e. The van der Waals surface area contributed by atoms with Gasteiger partial charge in [-0.25, -0.2) is 0 Å². The zero-order valence-corrected chi connectivity index (χ0v) is 14.5. The minimum atomic E-state index is 0.574. The Bertz CT molecular complexity index is 443. The molecule has 2 rings (SSSR count). The van der Waals surface area contributed by atoms with Gasteiger partial charge in [0.1, 0.15) is 0 Å². The molecule has 0 bridgehead atoms. The van der Waals surface area contributed by atoms with E-state index in [4.69, 9.17) is 11.6 Å². The first-order valence-corrected chi connectivity index (χ1v) is 9.00. The number of aryl methyl sites for hydroxylation is 1. The van der Waals surface area contributed by atoms with Gasteiger partial charge in [-0.15, -0.1) is 0 Å². The SMILES string of the molecule is CCNC(Cc1ccc(C)cc1Cl)C1CCCC(CC)C1. The van der Waals surface area contributed by atoms with Crippen LogP contribution < -0.4 is 5.32 Å². The van der Waals surface area contributed by atoms with Crippen LogP contribution in [0.2, 0.25) is 5.02 Å². The lowest BCUT2D eigenvalue weighted by molar-refractivity contribution is 0.208. The molecule has 0 aliphatic heterocycles. The molecule has 3 atom stereocenters. The summed E-state index contributed by atoms with van der Waals surface area (Å²) >= 11 is 6.44. The van der Waals surface area contributed by atoms with Gasteiger partial charge in [0.25, 0.3) is 0 Å². The zero-order chi connectivity index (χ0) is 15.2. The van der Waals surface area contributed by atoms with E-state index >= 15 is 0 Å². The number of halogens is 1. The van der Waals surface area contributed by atoms with Gasteiger partial charge in [-0.2, -0.15) is 0 Å². The molecule has 1 aliphatic carbocycles. The van der Waals surface area contributed by atoms with Crippen LogP contribution in [0.15, 0.2) is 18.2 Å². The van der Waals surface area contributed by atoms with Crippen molar-refractivity contribution in [1.82, 2.24) is 5.32 Å². The quantitative estimate of drug-likeness (QED) is 0.743. The van der Waals surface area contributed by atoms with E-state index < -0.39 is 0 Å². The number of nitrogens with one attached hydrogen (secondary N) is 1. The fourth-order valence-corrected chi connectivity index (χ4v) is 4.10. The van der Waals surface area contributed by atoms with E-state index in [0.29, 0.717) is 6.04 Å². The standard InChI is InChI=1S/C19H30ClN/c1-4-15-7-6-8-17(12-15)19(21-5-2)13-16-10-9-14(3)11-18(16)20/h9-11,15,17,19,21H,4-8,12-13H2,1-3H3. The highest BCUT2D eigenvalue weighted by atomic mass is 35.5. The summed E-state index contributed by atoms with van der Waals surface area (Å²) in [4.78, 5) is 0. The maximum Gasteiger partial charge on any atom is 0.0441 e. The summed E-state index contributed by atoms with van der Waals surface area (Å²) in [6.07, 6.45) is 7.98. The fourth-order valence-electron chi connectivity index (χ4n) is 3.79. The predicted molar refractivity (Wildman–Crippen MR) is 93.1 cm³/mol. The van der Waals surface area contributed by atoms with Crippen LogP contribution >= 0.6 is 11.6 Å². The second kappa shape index (κ2) is 8.19. The fraction of sp³-hybridized carbons (Fsp3) is 0.684. The Balaban J connectivity index is 2.07. The average Bonchev–Trinajstić information content (AvgIpc) is 2.49. The third-order valence-electron chi connectivity index (χ3n) is 5.08. The van der Waals surface area contributed by atoms with Gasteiger partial charge >= 0.3 is 0 Å². The van der Waals surface area contributed by atoms with Crippen molar-refractivity contribution in [2.75, 3.05) is 6.54 Å². The highest BCUT2D eigenvalue weighted by molar-refractivity contribution is 6.31. The normalized spacial score (nSPS) is 24.0. The zero-order valence-electron chi connectivity index (χ0n) is 13.8. The summed E-state index contributed by atoms with van der Waals surface area (Å²) in [5.74, 6) is 1.74. The van der Waals surface area contributed by atoms with E-state index in [-0.39, 0.29) is 0 Å². The summed E-state index contributed by atoms with van der Waals surface area (Å²) in [5.41, 5.74) is 2.54. The molecule has 0 spiro atoms. The maximum absolute atomic E-state index is 6.44. The molecule has 1 fully saturated rings. The molecule has 1 aromatic carbocycles. The van der Waals surface area contributed by atoms with E-state index in [2.05, 4.69) is 44.3 Å². The number of rotatable bonds is 6. The molecule has 21 heavy (non-hydrogen) atoms. The van der Waals surface area contributed by atoms with Gasteiger partial charge < -0.3 is 5.32 Å². The molecule has 0 amide bonds. The highest BCUT2D eigenvalue weighted by Gasteiger charge is 2.27. The summed E-state index contributed by atoms with van der Waals surface area (Å²) in [6.45, 7) is 7.70. The first-order chi connectivity index (χ1) is 10.1. The van der Waals surface area contributed by atoms with Gasteiger partial charge in [0.15, 0.2) is 0 Å². The Morgan fingerprint density at radius 3 is 2.76 bits per heavy atom. The maximum atomic E-state index is 6.44. The summed E-state index contributed by atoms with van der Waals surface area (Å²) in [7, 11) is 0. The molecule has 1 saturated carbocycles. The second-order valence-electron chi connectivity index (χ2n) is 6.66. The van der Waals surface area contributed by atoms with Gasteiger partial charge in [-0.1, -0.05) is 56.8 Å². The molecule has 2 heteroatoms. The van der Waals surface area contributed by atoms with E-state index in [1.165, 1.54) is 43.2 Å². The third-order valence-corrected chi connectivity index (χ3v) is 5.44. The smallest absolute Gasteiger partial charge is 0.0441 e. The van der Waals surface area contributed by atoms with Crippen molar-refractivity contribution in [2.45, 2.75) is 65.3 Å². The van der Waals surface area contributed by atoms with Crippen LogP contribution in [-0.2, 0) is 6.42 Å². The predicted octanol–water partition coefficient (Wildman–Crippen LogP) is 5.39. The molecule has 0 radical (unpaired) electrons. The molecule has 1 nitrogen and oxygen atoms in total. The van der Waals surface area contributed by atoms with Crippen molar-refractivity contribution >= 4 is 11.6 Å². The van der Waals surface area contributed by atoms with Gasteiger partial charge in [0.05, 0.1) is 0 Å². The lowest BCUT2D eigenvalue weighted by Crippen LogP contribution is -2.40. The van der Waals surface area contributed by atoms with E-state index in [1.807, 2.05) is 0 Å². The molecular formula is C19H30ClN. The Hall–Kier alpha value is -0.530. The van der Waals surface area contributed by atoms with Gasteiger partial charge in [0.2, 0.25) is 0 Å². The van der Waals surface area contributed by atoms with Crippen molar-refractivity contribution in [3.05, 3.63) is 34.3 Å². The highest BCUT2D eigenvalue weighted by Crippen LogP contribution is 2.34. The lowest BCUT2D eigenvalue weighted by atomic mass is 9.75. The number of benzene rings is 1. The first-order valence-electron chi connectivity index (χ1n) is 8.62. The summed E-state index contributed by atoms with van der Waals surface area (Å²) in [6, 6.07) is 7.06. The second-order valence-corrected chi connectivity index (χ2v) is 7.07. The average molecular weight is 308 g/mol. The molecule has 1 aromatic rings. The van der Waals surface area contributed by atoms with Gasteiger partial charge in [0, 0.05) is 11.1 Å². The van der Waals surface area contributed by atoms with Crippen LogP contribution in [0, 0.1) is 18.8 Å². The van der Waals surface area contributed by atoms with Gasteiger partial charge in [-0.05, 0) is 61.8 Å². The Kier molecular flexibility index (Phi) is 6.57. The molecule has 0 aromatic heterocycles. The van der Waals surface area contributed by atoms with Crippen LogP contribution in [0.25, 0.3) is 0 Å². The van der Waals surface area contributed by atoms with E-state index in [9.17, 15) is 0 Å². The van der Waals surface area contributed by atoms with Crippen LogP contribution in [0.4, 0.5) is 0 Å². The molecule has 1 N–H and O–H groups in total. The van der Waals surface area contributed by atoms with Crippen molar-refractivity contribution in [3.8, 4) is 0 Å². The van der Waals surface area contributed by atoms with Crippen LogP contribution in [0.5, 0.6) is 0 Å². The van der Waals surface area contributed by atoms with E-state index in [0.717, 1.165) is 29.8 Å². The van der Waals surface area contributed by atoms with Crippen LogP contribution in [0.1, 0.15) is 57.1 Å². The Morgan fingerprint density at radius 2 is 2.10 bits per heavy atom. The largest absolute Gasteiger partial charge is 0.314 e. The lowest BCUT2D eigenvalue weighted by Gasteiger charge is -2.35. The minimum absolute atomic E-state index is 0.574. The van der Waals surface area contributed by atoms with Crippen molar-refractivity contribution in [2.24, 2.45) is 11.8 Å². The number of likely N-dealkylation sites (N-methyl/N-ethyl adjacent to an activating group) is 1. The Labute approximate surface area is 135 Å². The van der Waals surface area contributed by atoms with Crippen LogP contribution in [0.3, 0.4) is 0 Å². The third kappa shape index (κ3) is 4.72. The van der Waals surface area contributed by atoms with Crippen LogP contribution in [-0.4, -0.2) is 12.6 Å². The molecular weight excluding hydrogens is 278 g/mol. The molecule has 3 unspecified atom stereocenters. The summed E-state index contributed by atoms with van der Waals surface area (Å²) < 4.78 is 0. The topological polar surface area (TPSA) is 12.0 Å². The monoisotopic (exact) mass is 307 g/mol. The van der Waals surface area contributed by atoms with E-state index in [1.54, 1.807) is 0 Å². The van der Waals surface area contributed by atoms with Gasteiger partial charge in [-0.3, -0.25) is 0 Å². The molecule has 0 saturated heterocycles. The van der Waals surface area contributed by atoms with Crippen molar-refractivity contribution < 1.29 is 0 Å². The first kappa shape index (κ1) is 16.8.